The van der Waals surface area contributed by atoms with Gasteiger partial charge in [-0.2, -0.15) is 0 Å². The number of aromatic amines is 1. The Labute approximate surface area is 168 Å². The number of aromatic nitrogens is 2. The summed E-state index contributed by atoms with van der Waals surface area (Å²) in [5.41, 5.74) is 2.69. The Kier molecular flexibility index (Phi) is 5.20. The van der Waals surface area contributed by atoms with Gasteiger partial charge in [-0.3, -0.25) is 9.59 Å². The van der Waals surface area contributed by atoms with E-state index in [1.54, 1.807) is 43.5 Å². The van der Waals surface area contributed by atoms with E-state index >= 15 is 0 Å². The molecule has 0 aliphatic heterocycles. The Hall–Kier alpha value is -3.73. The number of carbonyl (C=O) groups excluding carboxylic acids is 2. The maximum absolute atomic E-state index is 13.3. The number of H-pyrrole nitrogens is 1. The summed E-state index contributed by atoms with van der Waals surface area (Å²) < 4.78 is 5.17. The van der Waals surface area contributed by atoms with Crippen LogP contribution in [0.1, 0.15) is 38.9 Å². The molecule has 0 aliphatic rings. The zero-order valence-electron chi connectivity index (χ0n) is 16.0. The molecule has 0 amide bonds. The first kappa shape index (κ1) is 18.6. The van der Waals surface area contributed by atoms with E-state index in [4.69, 9.17) is 4.74 Å². The fraction of sp³-hybridized carbons (Fsp3) is 0.125. The minimum absolute atomic E-state index is 0.0364. The first-order valence-electron chi connectivity index (χ1n) is 9.37. The average molecular weight is 384 g/mol. The van der Waals surface area contributed by atoms with E-state index in [9.17, 15) is 9.59 Å². The zero-order chi connectivity index (χ0) is 20.2. The molecule has 0 bridgehead atoms. The third kappa shape index (κ3) is 3.94. The molecule has 0 fully saturated rings. The number of ketones is 2. The van der Waals surface area contributed by atoms with Crippen molar-refractivity contribution in [1.82, 2.24) is 9.97 Å². The molecule has 1 heterocycles. The number of rotatable bonds is 7. The predicted octanol–water partition coefficient (Wildman–Crippen LogP) is 4.81. The number of benzene rings is 3. The fourth-order valence-electron chi connectivity index (χ4n) is 3.33. The van der Waals surface area contributed by atoms with Crippen molar-refractivity contribution in [2.24, 2.45) is 0 Å². The van der Waals surface area contributed by atoms with Gasteiger partial charge < -0.3 is 9.72 Å². The number of imidazole rings is 1. The third-order valence-corrected chi connectivity index (χ3v) is 4.91. The summed E-state index contributed by atoms with van der Waals surface area (Å²) in [7, 11) is 1.58. The zero-order valence-corrected chi connectivity index (χ0v) is 16.0. The predicted molar refractivity (Wildman–Crippen MR) is 112 cm³/mol. The van der Waals surface area contributed by atoms with Crippen LogP contribution in [0.15, 0.2) is 78.9 Å². The molecule has 29 heavy (non-hydrogen) atoms. The van der Waals surface area contributed by atoms with Gasteiger partial charge in [0.15, 0.2) is 11.6 Å². The SMILES string of the molecule is COc1ccc(C(=O)C(CC(=O)c2ccccc2)c2nc3ccccc3[nH]2)cc1. The standard InChI is InChI=1S/C24H20N2O3/c1-29-18-13-11-17(12-14-18)23(28)19(15-22(27)16-7-3-2-4-8-16)24-25-20-9-5-6-10-21(20)26-24/h2-14,19H,15H2,1H3,(H,25,26). The molecule has 3 aromatic carbocycles. The molecule has 4 aromatic rings. The van der Waals surface area contributed by atoms with Crippen molar-refractivity contribution in [3.63, 3.8) is 0 Å². The third-order valence-electron chi connectivity index (χ3n) is 4.91. The van der Waals surface area contributed by atoms with Crippen LogP contribution in [-0.4, -0.2) is 28.6 Å². The van der Waals surface area contributed by atoms with Crippen LogP contribution in [0.5, 0.6) is 5.75 Å². The molecule has 0 saturated heterocycles. The number of hydrogen-bond donors (Lipinski definition) is 1. The van der Waals surface area contributed by atoms with Crippen LogP contribution in [0.4, 0.5) is 0 Å². The summed E-state index contributed by atoms with van der Waals surface area (Å²) in [5.74, 6) is 0.205. The lowest BCUT2D eigenvalue weighted by Crippen LogP contribution is -2.18. The van der Waals surface area contributed by atoms with Crippen LogP contribution < -0.4 is 4.74 Å². The van der Waals surface area contributed by atoms with Crippen LogP contribution in [0.2, 0.25) is 0 Å². The van der Waals surface area contributed by atoms with Gasteiger partial charge in [0.05, 0.1) is 24.1 Å². The Morgan fingerprint density at radius 2 is 1.59 bits per heavy atom. The van der Waals surface area contributed by atoms with Gasteiger partial charge in [0, 0.05) is 17.5 Å². The number of Topliss-reactive ketones (excluding diaryl/α,β-unsaturated/α-hetero) is 2. The second-order valence-corrected chi connectivity index (χ2v) is 6.78. The van der Waals surface area contributed by atoms with Crippen LogP contribution >= 0.6 is 0 Å². The van der Waals surface area contributed by atoms with E-state index in [0.717, 1.165) is 11.0 Å². The Balaban J connectivity index is 1.71. The highest BCUT2D eigenvalue weighted by molar-refractivity contribution is 6.06. The number of nitrogens with zero attached hydrogens (tertiary/aromatic N) is 1. The molecular weight excluding hydrogens is 364 g/mol. The lowest BCUT2D eigenvalue weighted by Gasteiger charge is -2.14. The molecule has 0 radical (unpaired) electrons. The van der Waals surface area contributed by atoms with Crippen molar-refractivity contribution >= 4 is 22.6 Å². The highest BCUT2D eigenvalue weighted by Gasteiger charge is 2.28. The average Bonchev–Trinajstić information content (AvgIpc) is 3.21. The van der Waals surface area contributed by atoms with Gasteiger partial charge in [0.1, 0.15) is 11.6 Å². The fourth-order valence-corrected chi connectivity index (χ4v) is 3.33. The van der Waals surface area contributed by atoms with Gasteiger partial charge in [0.25, 0.3) is 0 Å². The van der Waals surface area contributed by atoms with Crippen LogP contribution in [0, 0.1) is 0 Å². The normalized spacial score (nSPS) is 11.9. The smallest absolute Gasteiger partial charge is 0.173 e. The minimum Gasteiger partial charge on any atom is -0.497 e. The van der Waals surface area contributed by atoms with Gasteiger partial charge in [-0.15, -0.1) is 0 Å². The lowest BCUT2D eigenvalue weighted by molar-refractivity contribution is 0.0890. The Morgan fingerprint density at radius 3 is 2.28 bits per heavy atom. The summed E-state index contributed by atoms with van der Waals surface area (Å²) in [6, 6.07) is 23.5. The summed E-state index contributed by atoms with van der Waals surface area (Å²) in [5, 5.41) is 0. The minimum atomic E-state index is -0.705. The topological polar surface area (TPSA) is 72.1 Å². The van der Waals surface area contributed by atoms with E-state index in [-0.39, 0.29) is 18.0 Å². The van der Waals surface area contributed by atoms with E-state index in [2.05, 4.69) is 9.97 Å². The quantitative estimate of drug-likeness (QED) is 0.464. The highest BCUT2D eigenvalue weighted by atomic mass is 16.5. The van der Waals surface area contributed by atoms with Gasteiger partial charge in [-0.25, -0.2) is 4.98 Å². The largest absolute Gasteiger partial charge is 0.497 e. The molecule has 1 aromatic heterocycles. The number of ether oxygens (including phenoxy) is 1. The van der Waals surface area contributed by atoms with Gasteiger partial charge >= 0.3 is 0 Å². The van der Waals surface area contributed by atoms with E-state index in [1.165, 1.54) is 0 Å². The second-order valence-electron chi connectivity index (χ2n) is 6.78. The van der Waals surface area contributed by atoms with Gasteiger partial charge in [0.2, 0.25) is 0 Å². The number of hydrogen-bond acceptors (Lipinski definition) is 4. The molecule has 0 saturated carbocycles. The molecule has 0 spiro atoms. The summed E-state index contributed by atoms with van der Waals surface area (Å²) in [6.07, 6.45) is 0.0364. The molecule has 5 nitrogen and oxygen atoms in total. The molecular formula is C24H20N2O3. The van der Waals surface area contributed by atoms with Crippen molar-refractivity contribution in [1.29, 1.82) is 0 Å². The Morgan fingerprint density at radius 1 is 0.897 bits per heavy atom. The number of nitrogens with one attached hydrogen (secondary N) is 1. The first-order valence-corrected chi connectivity index (χ1v) is 9.37. The maximum Gasteiger partial charge on any atom is 0.173 e. The molecule has 1 unspecified atom stereocenters. The van der Waals surface area contributed by atoms with Crippen molar-refractivity contribution in [3.8, 4) is 5.75 Å². The van der Waals surface area contributed by atoms with Crippen molar-refractivity contribution < 1.29 is 14.3 Å². The monoisotopic (exact) mass is 384 g/mol. The first-order chi connectivity index (χ1) is 14.2. The molecule has 1 atom stereocenters. The van der Waals surface area contributed by atoms with E-state index < -0.39 is 5.92 Å². The van der Waals surface area contributed by atoms with Crippen LogP contribution in [0.25, 0.3) is 11.0 Å². The Bertz CT molecular complexity index is 1110. The van der Waals surface area contributed by atoms with Crippen molar-refractivity contribution in [2.45, 2.75) is 12.3 Å². The summed E-state index contributed by atoms with van der Waals surface area (Å²) in [4.78, 5) is 34.0. The summed E-state index contributed by atoms with van der Waals surface area (Å²) in [6.45, 7) is 0. The molecule has 0 aliphatic carbocycles. The number of methoxy groups -OCH3 is 1. The second kappa shape index (κ2) is 8.10. The van der Waals surface area contributed by atoms with E-state index in [1.807, 2.05) is 42.5 Å². The molecule has 144 valence electrons. The number of para-hydroxylation sites is 2. The highest BCUT2D eigenvalue weighted by Crippen LogP contribution is 2.27. The van der Waals surface area contributed by atoms with Crippen molar-refractivity contribution in [3.05, 3.63) is 95.8 Å². The molecule has 4 rings (SSSR count). The van der Waals surface area contributed by atoms with Gasteiger partial charge in [-0.1, -0.05) is 42.5 Å². The van der Waals surface area contributed by atoms with Crippen LogP contribution in [-0.2, 0) is 0 Å². The molecule has 1 N–H and O–H groups in total. The van der Waals surface area contributed by atoms with Gasteiger partial charge in [-0.05, 0) is 36.4 Å². The van der Waals surface area contributed by atoms with Crippen molar-refractivity contribution in [2.75, 3.05) is 7.11 Å². The van der Waals surface area contributed by atoms with E-state index in [0.29, 0.717) is 22.7 Å². The maximum atomic E-state index is 13.3. The van der Waals surface area contributed by atoms with Crippen LogP contribution in [0.3, 0.4) is 0 Å². The number of carbonyl (C=O) groups is 2. The number of fused-ring (bicyclic) bond motifs is 1. The summed E-state index contributed by atoms with van der Waals surface area (Å²) >= 11 is 0. The molecule has 5 heteroatoms. The lowest BCUT2D eigenvalue weighted by atomic mass is 9.90.